The number of hydrogen-bond acceptors (Lipinski definition) is 8. The van der Waals surface area contributed by atoms with Gasteiger partial charge in [-0.05, 0) is 60.1 Å². The summed E-state index contributed by atoms with van der Waals surface area (Å²) in [6.07, 6.45) is -0.856. The molecule has 8 atom stereocenters. The van der Waals surface area contributed by atoms with E-state index in [1.165, 1.54) is 0 Å². The van der Waals surface area contributed by atoms with Crippen LogP contribution in [0.3, 0.4) is 0 Å². The highest BCUT2D eigenvalue weighted by molar-refractivity contribution is 6.09. The molecule has 2 fully saturated rings. The molecule has 2 unspecified atom stereocenters. The van der Waals surface area contributed by atoms with E-state index in [0.717, 1.165) is 30.5 Å². The van der Waals surface area contributed by atoms with Gasteiger partial charge in [-0.2, -0.15) is 0 Å². The van der Waals surface area contributed by atoms with Crippen molar-refractivity contribution in [2.24, 2.45) is 40.2 Å². The third-order valence-corrected chi connectivity index (χ3v) is 10.5. The van der Waals surface area contributed by atoms with E-state index in [1.54, 1.807) is 6.92 Å². The summed E-state index contributed by atoms with van der Waals surface area (Å²) in [6.45, 7) is 14.5. The van der Waals surface area contributed by atoms with Gasteiger partial charge in [-0.1, -0.05) is 61.0 Å². The Morgan fingerprint density at radius 1 is 1.17 bits per heavy atom. The quantitative estimate of drug-likeness (QED) is 0.204. The van der Waals surface area contributed by atoms with E-state index >= 15 is 0 Å². The van der Waals surface area contributed by atoms with Crippen molar-refractivity contribution >= 4 is 17.5 Å². The summed E-state index contributed by atoms with van der Waals surface area (Å²) in [6, 6.07) is 1.95. The number of benzene rings is 1. The number of Topliss-reactive ketones (excluding diaryl/α,β-unsaturated/α-hetero) is 2. The van der Waals surface area contributed by atoms with Crippen molar-refractivity contribution in [1.29, 1.82) is 0 Å². The highest BCUT2D eigenvalue weighted by Gasteiger charge is 2.75. The molecule has 9 nitrogen and oxygen atoms in total. The monoisotopic (exact) mass is 572 g/mol. The van der Waals surface area contributed by atoms with Crippen LogP contribution in [0.4, 0.5) is 0 Å². The molecule has 228 valence electrons. The van der Waals surface area contributed by atoms with Crippen molar-refractivity contribution < 1.29 is 34.8 Å². The maximum atomic E-state index is 14.4. The van der Waals surface area contributed by atoms with Gasteiger partial charge < -0.3 is 31.5 Å². The second kappa shape index (κ2) is 10.7. The summed E-state index contributed by atoms with van der Waals surface area (Å²) in [7, 11) is 0. The molecule has 3 aliphatic carbocycles. The Morgan fingerprint density at radius 2 is 1.80 bits per heavy atom. The number of rotatable bonds is 8. The Balaban J connectivity index is 1.91. The number of carbonyl (C=O) groups excluding carboxylic acids is 3. The van der Waals surface area contributed by atoms with Crippen LogP contribution in [0.2, 0.25) is 0 Å². The standard InChI is InChI=1S/C32H48N2O7/c1-8-9-10-34-13-17-11-18(15(2)3)19-12-30(6)14-31(7)22(16(4)5)26(37)21(29(33)40)27(38)32(31,41)28(39)23(30)25(36)20(19)24(17)35/h11,15-16,21-23,26,28,34-35,37,39,41H,8-10,12-14H2,1-7H3,(H2,33,40)/t21-,22+,23-,26?,28?,30-,31-,32+/m1/s1. The fraction of sp³-hybridized carbons (Fsp3) is 0.719. The number of nitrogens with two attached hydrogens (primary N) is 1. The zero-order valence-corrected chi connectivity index (χ0v) is 25.5. The molecule has 7 N–H and O–H groups in total. The van der Waals surface area contributed by atoms with Crippen LogP contribution < -0.4 is 11.1 Å². The third-order valence-electron chi connectivity index (χ3n) is 10.5. The van der Waals surface area contributed by atoms with Gasteiger partial charge in [-0.25, -0.2) is 0 Å². The number of unbranched alkanes of at least 4 members (excludes halogenated alkanes) is 1. The molecule has 0 saturated heterocycles. The number of phenols is 1. The summed E-state index contributed by atoms with van der Waals surface area (Å²) in [5.41, 5.74) is 3.14. The van der Waals surface area contributed by atoms with Gasteiger partial charge in [0, 0.05) is 17.5 Å². The Morgan fingerprint density at radius 3 is 2.34 bits per heavy atom. The summed E-state index contributed by atoms with van der Waals surface area (Å²) >= 11 is 0. The number of fused-ring (bicyclic) bond motifs is 3. The Bertz CT molecular complexity index is 1240. The number of primary amides is 1. The van der Waals surface area contributed by atoms with E-state index < -0.39 is 63.9 Å². The average molecular weight is 573 g/mol. The predicted octanol–water partition coefficient (Wildman–Crippen LogP) is 2.59. The van der Waals surface area contributed by atoms with Gasteiger partial charge in [-0.15, -0.1) is 0 Å². The summed E-state index contributed by atoms with van der Waals surface area (Å²) in [4.78, 5) is 40.7. The molecule has 9 heteroatoms. The van der Waals surface area contributed by atoms with Crippen LogP contribution in [0, 0.1) is 34.5 Å². The van der Waals surface area contributed by atoms with Gasteiger partial charge in [0.05, 0.1) is 17.6 Å². The maximum absolute atomic E-state index is 14.4. The van der Waals surface area contributed by atoms with Gasteiger partial charge in [0.25, 0.3) is 0 Å². The van der Waals surface area contributed by atoms with Crippen LogP contribution in [-0.2, 0) is 22.6 Å². The lowest BCUT2D eigenvalue weighted by atomic mass is 9.39. The highest BCUT2D eigenvalue weighted by Crippen LogP contribution is 2.66. The van der Waals surface area contributed by atoms with E-state index in [-0.39, 0.29) is 29.6 Å². The Kier molecular flexibility index (Phi) is 8.28. The molecule has 0 radical (unpaired) electrons. The molecule has 4 rings (SSSR count). The van der Waals surface area contributed by atoms with Crippen molar-refractivity contribution in [2.45, 2.75) is 104 Å². The Hall–Kier alpha value is -2.33. The summed E-state index contributed by atoms with van der Waals surface area (Å²) < 4.78 is 0. The summed E-state index contributed by atoms with van der Waals surface area (Å²) in [5.74, 6) is -6.74. The van der Waals surface area contributed by atoms with Gasteiger partial charge in [0.15, 0.2) is 17.2 Å². The van der Waals surface area contributed by atoms with E-state index in [0.29, 0.717) is 18.5 Å². The van der Waals surface area contributed by atoms with Gasteiger partial charge >= 0.3 is 0 Å². The van der Waals surface area contributed by atoms with Crippen molar-refractivity contribution in [3.8, 4) is 5.75 Å². The molecule has 1 aromatic carbocycles. The Labute approximate surface area is 242 Å². The zero-order valence-electron chi connectivity index (χ0n) is 25.5. The van der Waals surface area contributed by atoms with Crippen LogP contribution in [0.5, 0.6) is 5.75 Å². The minimum Gasteiger partial charge on any atom is -0.507 e. The van der Waals surface area contributed by atoms with E-state index in [1.807, 2.05) is 40.7 Å². The number of carbonyl (C=O) groups is 3. The molecule has 0 bridgehead atoms. The minimum atomic E-state index is -2.51. The number of hydrogen-bond donors (Lipinski definition) is 6. The van der Waals surface area contributed by atoms with Crippen molar-refractivity contribution in [1.82, 2.24) is 5.32 Å². The first-order valence-corrected chi connectivity index (χ1v) is 15.0. The average Bonchev–Trinajstić information content (AvgIpc) is 2.84. The van der Waals surface area contributed by atoms with Crippen LogP contribution in [-0.4, -0.2) is 62.3 Å². The number of aliphatic hydroxyl groups is 3. The maximum Gasteiger partial charge on any atom is 0.230 e. The number of nitrogens with one attached hydrogen (secondary N) is 1. The number of amides is 1. The molecule has 0 aromatic heterocycles. The molecule has 41 heavy (non-hydrogen) atoms. The van der Waals surface area contributed by atoms with E-state index in [9.17, 15) is 34.8 Å². The van der Waals surface area contributed by atoms with Crippen molar-refractivity contribution in [2.75, 3.05) is 6.54 Å². The second-order valence-corrected chi connectivity index (χ2v) is 14.0. The molecule has 0 heterocycles. The van der Waals surface area contributed by atoms with Crippen molar-refractivity contribution in [3.63, 3.8) is 0 Å². The third kappa shape index (κ3) is 4.46. The van der Waals surface area contributed by atoms with Crippen LogP contribution in [0.1, 0.15) is 101 Å². The molecule has 0 spiro atoms. The summed E-state index contributed by atoms with van der Waals surface area (Å²) in [5, 5.41) is 50.3. The molecule has 3 aliphatic rings. The van der Waals surface area contributed by atoms with Gasteiger partial charge in [-0.3, -0.25) is 14.4 Å². The fourth-order valence-corrected chi connectivity index (χ4v) is 8.86. The normalized spacial score (nSPS) is 36.7. The van der Waals surface area contributed by atoms with E-state index in [2.05, 4.69) is 12.2 Å². The number of aromatic hydroxyl groups is 1. The fourth-order valence-electron chi connectivity index (χ4n) is 8.86. The van der Waals surface area contributed by atoms with Crippen LogP contribution in [0.25, 0.3) is 0 Å². The van der Waals surface area contributed by atoms with E-state index in [4.69, 9.17) is 5.73 Å². The molecular formula is C32H48N2O7. The molecule has 0 aliphatic heterocycles. The highest BCUT2D eigenvalue weighted by atomic mass is 16.4. The van der Waals surface area contributed by atoms with Gasteiger partial charge in [0.2, 0.25) is 5.91 Å². The smallest absolute Gasteiger partial charge is 0.230 e. The predicted molar refractivity (Wildman–Crippen MR) is 154 cm³/mol. The second-order valence-electron chi connectivity index (χ2n) is 14.0. The van der Waals surface area contributed by atoms with Crippen LogP contribution in [0.15, 0.2) is 6.07 Å². The topological polar surface area (TPSA) is 170 Å². The molecule has 1 aromatic rings. The first kappa shape index (κ1) is 31.6. The zero-order chi connectivity index (χ0) is 30.8. The minimum absolute atomic E-state index is 0.0468. The number of phenolic OH excluding ortho intramolecular Hbond substituents is 1. The molecule has 2 saturated carbocycles. The first-order valence-electron chi connectivity index (χ1n) is 15.0. The SMILES string of the molecule is CCCCNCc1cc(C(C)C)c2c(c1O)C(=O)[C@@H]1C(O)[C@@]3(O)C(=O)[C@H](C(N)=O)C(O)[C@H](C(C)C)[C@@]3(C)C[C@@]1(C)C2. The first-order chi connectivity index (χ1) is 19.0. The largest absolute Gasteiger partial charge is 0.507 e. The number of ketones is 2. The lowest BCUT2D eigenvalue weighted by Gasteiger charge is -2.66. The van der Waals surface area contributed by atoms with Crippen molar-refractivity contribution in [3.05, 3.63) is 28.3 Å². The molecule has 1 amide bonds. The lowest BCUT2D eigenvalue weighted by Crippen LogP contribution is -2.79. The molecular weight excluding hydrogens is 524 g/mol. The number of aliphatic hydroxyl groups excluding tert-OH is 2. The lowest BCUT2D eigenvalue weighted by molar-refractivity contribution is -0.265. The van der Waals surface area contributed by atoms with Gasteiger partial charge in [0.1, 0.15) is 17.8 Å². The van der Waals surface area contributed by atoms with Crippen LogP contribution >= 0.6 is 0 Å².